The van der Waals surface area contributed by atoms with Gasteiger partial charge in [-0.25, -0.2) is 0 Å². The summed E-state index contributed by atoms with van der Waals surface area (Å²) in [4.78, 5) is 12.8. The lowest BCUT2D eigenvalue weighted by Gasteiger charge is -2.30. The number of aliphatic carboxylic acids is 1. The summed E-state index contributed by atoms with van der Waals surface area (Å²) in [5.74, 6) is -0.604. The largest absolute Gasteiger partial charge is 0.508 e. The summed E-state index contributed by atoms with van der Waals surface area (Å²) < 4.78 is 0. The van der Waals surface area contributed by atoms with E-state index >= 15 is 0 Å². The Morgan fingerprint density at radius 3 is 2.50 bits per heavy atom. The molecule has 0 aliphatic heterocycles. The third-order valence-corrected chi connectivity index (χ3v) is 2.97. The van der Waals surface area contributed by atoms with Gasteiger partial charge in [-0.3, -0.25) is 9.69 Å². The molecular weight excluding hydrogens is 230 g/mol. The van der Waals surface area contributed by atoms with Crippen molar-refractivity contribution < 1.29 is 15.0 Å². The highest BCUT2D eigenvalue weighted by molar-refractivity contribution is 5.69. The van der Waals surface area contributed by atoms with Crippen LogP contribution in [0.3, 0.4) is 0 Å². The van der Waals surface area contributed by atoms with Crippen molar-refractivity contribution >= 4 is 5.97 Å². The number of hydrogen-bond acceptors (Lipinski definition) is 3. The SMILES string of the molecule is CCCN(CC(=O)O)C(CC)c1ccccc1O. The van der Waals surface area contributed by atoms with Crippen LogP contribution in [0.25, 0.3) is 0 Å². The standard InChI is InChI=1S/C14H21NO3/c1-3-9-15(10-14(17)18)12(4-2)11-7-5-6-8-13(11)16/h5-8,12,16H,3-4,9-10H2,1-2H3,(H,17,18). The molecule has 0 fully saturated rings. The van der Waals surface area contributed by atoms with E-state index < -0.39 is 5.97 Å². The summed E-state index contributed by atoms with van der Waals surface area (Å²) in [5.41, 5.74) is 0.801. The molecule has 0 bridgehead atoms. The van der Waals surface area contributed by atoms with E-state index in [0.717, 1.165) is 18.4 Å². The van der Waals surface area contributed by atoms with Gasteiger partial charge in [0.05, 0.1) is 6.54 Å². The average Bonchev–Trinajstić information content (AvgIpc) is 2.32. The van der Waals surface area contributed by atoms with E-state index in [1.54, 1.807) is 12.1 Å². The van der Waals surface area contributed by atoms with Crippen LogP contribution in [0.5, 0.6) is 5.75 Å². The predicted octanol–water partition coefficient (Wildman–Crippen LogP) is 2.64. The molecule has 0 aliphatic rings. The summed E-state index contributed by atoms with van der Waals surface area (Å²) in [6.07, 6.45) is 1.65. The number of nitrogens with zero attached hydrogens (tertiary/aromatic N) is 1. The van der Waals surface area contributed by atoms with E-state index in [0.29, 0.717) is 6.54 Å². The number of carboxylic acid groups (broad SMARTS) is 1. The fraction of sp³-hybridized carbons (Fsp3) is 0.500. The van der Waals surface area contributed by atoms with Gasteiger partial charge in [0.1, 0.15) is 5.75 Å². The van der Waals surface area contributed by atoms with Crippen LogP contribution >= 0.6 is 0 Å². The normalized spacial score (nSPS) is 12.6. The van der Waals surface area contributed by atoms with Gasteiger partial charge < -0.3 is 10.2 Å². The maximum atomic E-state index is 10.9. The lowest BCUT2D eigenvalue weighted by atomic mass is 10.0. The lowest BCUT2D eigenvalue weighted by molar-refractivity contribution is -0.139. The monoisotopic (exact) mass is 251 g/mol. The van der Waals surface area contributed by atoms with Crippen molar-refractivity contribution in [1.82, 2.24) is 4.90 Å². The number of aromatic hydroxyl groups is 1. The zero-order valence-corrected chi connectivity index (χ0v) is 11.0. The third-order valence-electron chi connectivity index (χ3n) is 2.97. The topological polar surface area (TPSA) is 60.8 Å². The fourth-order valence-corrected chi connectivity index (χ4v) is 2.25. The van der Waals surface area contributed by atoms with E-state index in [2.05, 4.69) is 0 Å². The van der Waals surface area contributed by atoms with Crippen molar-refractivity contribution in [1.29, 1.82) is 0 Å². The minimum atomic E-state index is -0.836. The van der Waals surface area contributed by atoms with Gasteiger partial charge in [0, 0.05) is 11.6 Å². The predicted molar refractivity (Wildman–Crippen MR) is 70.6 cm³/mol. The number of phenolic OH excluding ortho intramolecular Hbond substituents is 1. The van der Waals surface area contributed by atoms with Gasteiger partial charge in [0.15, 0.2) is 0 Å². The number of carbonyl (C=O) groups is 1. The van der Waals surface area contributed by atoms with E-state index in [4.69, 9.17) is 5.11 Å². The summed E-state index contributed by atoms with van der Waals surface area (Å²) in [5, 5.41) is 18.9. The Labute approximate surface area is 108 Å². The first kappa shape index (κ1) is 14.5. The zero-order chi connectivity index (χ0) is 13.5. The van der Waals surface area contributed by atoms with Crippen molar-refractivity contribution in [3.63, 3.8) is 0 Å². The molecule has 1 unspecified atom stereocenters. The van der Waals surface area contributed by atoms with Crippen LogP contribution in [0, 0.1) is 0 Å². The molecule has 1 aromatic carbocycles. The van der Waals surface area contributed by atoms with Gasteiger partial charge >= 0.3 is 5.97 Å². The molecule has 0 aromatic heterocycles. The van der Waals surface area contributed by atoms with Crippen LogP contribution < -0.4 is 0 Å². The number of rotatable bonds is 7. The van der Waals surface area contributed by atoms with Crippen molar-refractivity contribution in [2.45, 2.75) is 32.7 Å². The molecule has 1 atom stereocenters. The molecule has 100 valence electrons. The van der Waals surface area contributed by atoms with Gasteiger partial charge in [0.2, 0.25) is 0 Å². The highest BCUT2D eigenvalue weighted by atomic mass is 16.4. The summed E-state index contributed by atoms with van der Waals surface area (Å²) in [6.45, 7) is 4.73. The quantitative estimate of drug-likeness (QED) is 0.782. The van der Waals surface area contributed by atoms with Crippen LogP contribution in [0.2, 0.25) is 0 Å². The Hall–Kier alpha value is -1.55. The van der Waals surface area contributed by atoms with Crippen molar-refractivity contribution in [2.75, 3.05) is 13.1 Å². The zero-order valence-electron chi connectivity index (χ0n) is 11.0. The number of phenols is 1. The van der Waals surface area contributed by atoms with Gasteiger partial charge in [-0.05, 0) is 25.5 Å². The maximum Gasteiger partial charge on any atom is 0.317 e. The molecule has 4 nitrogen and oxygen atoms in total. The first-order valence-corrected chi connectivity index (χ1v) is 6.33. The van der Waals surface area contributed by atoms with Gasteiger partial charge in [0.25, 0.3) is 0 Å². The maximum absolute atomic E-state index is 10.9. The second kappa shape index (κ2) is 7.01. The van der Waals surface area contributed by atoms with Gasteiger partial charge in [-0.2, -0.15) is 0 Å². The Bertz CT molecular complexity index is 392. The number of hydrogen-bond donors (Lipinski definition) is 2. The van der Waals surface area contributed by atoms with Crippen LogP contribution in [0.4, 0.5) is 0 Å². The molecule has 0 spiro atoms. The second-order valence-electron chi connectivity index (χ2n) is 4.35. The highest BCUT2D eigenvalue weighted by Crippen LogP contribution is 2.30. The third kappa shape index (κ3) is 3.74. The van der Waals surface area contributed by atoms with Crippen LogP contribution in [-0.4, -0.2) is 34.2 Å². The molecule has 0 heterocycles. The molecule has 0 radical (unpaired) electrons. The molecular formula is C14H21NO3. The number of para-hydroxylation sites is 1. The van der Waals surface area contributed by atoms with Crippen molar-refractivity contribution in [3.8, 4) is 5.75 Å². The van der Waals surface area contributed by atoms with Crippen LogP contribution in [0.15, 0.2) is 24.3 Å². The molecule has 0 saturated heterocycles. The smallest absolute Gasteiger partial charge is 0.317 e. The Morgan fingerprint density at radius 2 is 2.00 bits per heavy atom. The molecule has 0 aliphatic carbocycles. The van der Waals surface area contributed by atoms with E-state index in [1.807, 2.05) is 30.9 Å². The Morgan fingerprint density at radius 1 is 1.33 bits per heavy atom. The number of benzene rings is 1. The van der Waals surface area contributed by atoms with Crippen LogP contribution in [0.1, 0.15) is 38.3 Å². The molecule has 1 rings (SSSR count). The lowest BCUT2D eigenvalue weighted by Crippen LogP contribution is -2.34. The van der Waals surface area contributed by atoms with Crippen molar-refractivity contribution in [3.05, 3.63) is 29.8 Å². The fourth-order valence-electron chi connectivity index (χ4n) is 2.25. The first-order valence-electron chi connectivity index (χ1n) is 6.33. The van der Waals surface area contributed by atoms with E-state index in [9.17, 15) is 9.90 Å². The first-order chi connectivity index (χ1) is 8.60. The van der Waals surface area contributed by atoms with Gasteiger partial charge in [-0.1, -0.05) is 32.0 Å². The minimum Gasteiger partial charge on any atom is -0.508 e. The molecule has 0 amide bonds. The molecule has 2 N–H and O–H groups in total. The highest BCUT2D eigenvalue weighted by Gasteiger charge is 2.22. The van der Waals surface area contributed by atoms with E-state index in [-0.39, 0.29) is 18.3 Å². The summed E-state index contributed by atoms with van der Waals surface area (Å²) >= 11 is 0. The van der Waals surface area contributed by atoms with Gasteiger partial charge in [-0.15, -0.1) is 0 Å². The second-order valence-corrected chi connectivity index (χ2v) is 4.35. The molecule has 18 heavy (non-hydrogen) atoms. The molecule has 1 aromatic rings. The average molecular weight is 251 g/mol. The number of carboxylic acids is 1. The Kier molecular flexibility index (Phi) is 5.65. The van der Waals surface area contributed by atoms with E-state index in [1.165, 1.54) is 0 Å². The van der Waals surface area contributed by atoms with Crippen LogP contribution in [-0.2, 0) is 4.79 Å². The Balaban J connectivity index is 2.97. The minimum absolute atomic E-state index is 0.000676. The summed E-state index contributed by atoms with van der Waals surface area (Å²) in [7, 11) is 0. The summed E-state index contributed by atoms with van der Waals surface area (Å²) in [6, 6.07) is 7.08. The molecule has 0 saturated carbocycles. The molecule has 4 heteroatoms. The van der Waals surface area contributed by atoms with Crippen molar-refractivity contribution in [2.24, 2.45) is 0 Å².